The minimum atomic E-state index is -1.17. The Morgan fingerprint density at radius 3 is 2.21 bits per heavy atom. The average molecular weight is 522 g/mol. The number of rotatable bonds is 6. The summed E-state index contributed by atoms with van der Waals surface area (Å²) in [5, 5.41) is 11.0. The number of H-pyrrole nitrogens is 1. The standard InChI is InChI=1S/C34H35NO4/c1-21-27-7-5-6-8-28(27)35-30(21)34(20-36,24-13-15-26(37)16-14-24)23-11-9-22(10-12-23)31(38)39-29-19-25-17-18-33(29,4)32(25,2)3/h5-16,20,25,29,35,37H,17-19H2,1-4H3/t25-,29-,33-,34-/m1/s1. The van der Waals surface area contributed by atoms with Gasteiger partial charge < -0.3 is 19.6 Å². The smallest absolute Gasteiger partial charge is 0.338 e. The van der Waals surface area contributed by atoms with Crippen molar-refractivity contribution >= 4 is 23.2 Å². The molecule has 2 aliphatic rings. The van der Waals surface area contributed by atoms with E-state index in [2.05, 4.69) is 25.8 Å². The van der Waals surface area contributed by atoms with E-state index >= 15 is 0 Å². The maximum absolute atomic E-state index is 13.3. The monoisotopic (exact) mass is 521 g/mol. The van der Waals surface area contributed by atoms with Gasteiger partial charge in [-0.25, -0.2) is 4.79 Å². The third kappa shape index (κ3) is 3.59. The number of aromatic amines is 1. The fourth-order valence-corrected chi connectivity index (χ4v) is 7.43. The molecular formula is C34H35NO4. The number of nitrogens with one attached hydrogen (secondary N) is 1. The van der Waals surface area contributed by atoms with Crippen molar-refractivity contribution < 1.29 is 19.4 Å². The van der Waals surface area contributed by atoms with Crippen LogP contribution in [0.3, 0.4) is 0 Å². The minimum Gasteiger partial charge on any atom is -0.508 e. The number of aromatic hydroxyl groups is 1. The molecule has 2 bridgehead atoms. The third-order valence-electron chi connectivity index (χ3n) is 10.4. The van der Waals surface area contributed by atoms with Crippen molar-refractivity contribution in [3.8, 4) is 5.75 Å². The van der Waals surface area contributed by atoms with E-state index in [1.807, 2.05) is 43.3 Å². The second-order valence-electron chi connectivity index (χ2n) is 12.2. The molecule has 4 atom stereocenters. The third-order valence-corrected chi connectivity index (χ3v) is 10.4. The van der Waals surface area contributed by atoms with Gasteiger partial charge in [0.2, 0.25) is 0 Å². The zero-order valence-electron chi connectivity index (χ0n) is 23.0. The van der Waals surface area contributed by atoms with Crippen molar-refractivity contribution in [1.29, 1.82) is 0 Å². The molecule has 2 fully saturated rings. The van der Waals surface area contributed by atoms with E-state index < -0.39 is 5.41 Å². The topological polar surface area (TPSA) is 79.4 Å². The number of fused-ring (bicyclic) bond motifs is 3. The van der Waals surface area contributed by atoms with Crippen LogP contribution in [0.4, 0.5) is 0 Å². The number of phenolic OH excluding ortho intramolecular Hbond substituents is 1. The molecule has 6 rings (SSSR count). The summed E-state index contributed by atoms with van der Waals surface area (Å²) in [6.45, 7) is 8.89. The quantitative estimate of drug-likeness (QED) is 0.210. The van der Waals surface area contributed by atoms with Gasteiger partial charge in [0.1, 0.15) is 23.6 Å². The number of aromatic nitrogens is 1. The summed E-state index contributed by atoms with van der Waals surface area (Å²) >= 11 is 0. The van der Waals surface area contributed by atoms with Gasteiger partial charge in [0, 0.05) is 22.0 Å². The number of hydrogen-bond acceptors (Lipinski definition) is 4. The largest absolute Gasteiger partial charge is 0.508 e. The molecule has 1 aromatic heterocycles. The first-order chi connectivity index (χ1) is 18.6. The van der Waals surface area contributed by atoms with Crippen molar-refractivity contribution in [3.05, 3.63) is 101 Å². The minimum absolute atomic E-state index is 0.00798. The van der Waals surface area contributed by atoms with Gasteiger partial charge in [-0.05, 0) is 84.5 Å². The first kappa shape index (κ1) is 25.4. The number of aryl methyl sites for hydroxylation is 1. The Kier molecular flexibility index (Phi) is 5.76. The maximum atomic E-state index is 13.3. The van der Waals surface area contributed by atoms with Gasteiger partial charge in [-0.2, -0.15) is 0 Å². The summed E-state index contributed by atoms with van der Waals surface area (Å²) in [5.74, 6) is 0.391. The van der Waals surface area contributed by atoms with Crippen molar-refractivity contribution in [1.82, 2.24) is 4.98 Å². The molecule has 2 N–H and O–H groups in total. The Hall–Kier alpha value is -3.86. The van der Waals surface area contributed by atoms with Gasteiger partial charge in [-0.1, -0.05) is 63.2 Å². The fraction of sp³-hybridized carbons (Fsp3) is 0.353. The van der Waals surface area contributed by atoms with Gasteiger partial charge in [0.05, 0.1) is 5.56 Å². The van der Waals surface area contributed by atoms with E-state index in [0.29, 0.717) is 11.5 Å². The molecular weight excluding hydrogens is 486 g/mol. The van der Waals surface area contributed by atoms with Gasteiger partial charge in [0.25, 0.3) is 0 Å². The lowest BCUT2D eigenvalue weighted by atomic mass is 9.70. The molecule has 0 spiro atoms. The number of aldehydes is 1. The van der Waals surface area contributed by atoms with Crippen LogP contribution in [-0.4, -0.2) is 28.4 Å². The Labute approximate surface area is 229 Å². The van der Waals surface area contributed by atoms with E-state index in [0.717, 1.165) is 52.4 Å². The van der Waals surface area contributed by atoms with Crippen LogP contribution in [0.1, 0.15) is 72.8 Å². The molecule has 200 valence electrons. The zero-order valence-corrected chi connectivity index (χ0v) is 23.0. The summed E-state index contributed by atoms with van der Waals surface area (Å²) in [6.07, 6.45) is 4.06. The summed E-state index contributed by atoms with van der Waals surface area (Å²) in [5.41, 5.74) is 3.58. The van der Waals surface area contributed by atoms with Crippen LogP contribution in [-0.2, 0) is 14.9 Å². The Morgan fingerprint density at radius 2 is 1.64 bits per heavy atom. The first-order valence-corrected chi connectivity index (χ1v) is 13.8. The van der Waals surface area contributed by atoms with Crippen LogP contribution in [0.25, 0.3) is 10.9 Å². The summed E-state index contributed by atoms with van der Waals surface area (Å²) in [4.78, 5) is 30.0. The average Bonchev–Trinajstić information content (AvgIpc) is 3.46. The molecule has 1 heterocycles. The van der Waals surface area contributed by atoms with Crippen LogP contribution in [0.2, 0.25) is 0 Å². The highest BCUT2D eigenvalue weighted by molar-refractivity contribution is 5.92. The lowest BCUT2D eigenvalue weighted by Crippen LogP contribution is -2.38. The van der Waals surface area contributed by atoms with Crippen molar-refractivity contribution in [2.45, 2.75) is 58.5 Å². The second-order valence-corrected chi connectivity index (χ2v) is 12.2. The predicted molar refractivity (Wildman–Crippen MR) is 152 cm³/mol. The maximum Gasteiger partial charge on any atom is 0.338 e. The summed E-state index contributed by atoms with van der Waals surface area (Å²) in [7, 11) is 0. The highest BCUT2D eigenvalue weighted by Gasteiger charge is 2.62. The van der Waals surface area contributed by atoms with E-state index in [9.17, 15) is 14.7 Å². The van der Waals surface area contributed by atoms with Gasteiger partial charge >= 0.3 is 5.97 Å². The Morgan fingerprint density at radius 1 is 1.00 bits per heavy atom. The molecule has 3 aromatic carbocycles. The number of carbonyl (C=O) groups is 2. The first-order valence-electron chi connectivity index (χ1n) is 13.8. The Bertz CT molecular complexity index is 1570. The number of esters is 1. The number of benzene rings is 3. The SMILES string of the molecule is Cc1c([C@@](C=O)(c2ccc(O)cc2)c2ccc(C(=O)O[C@@H]3C[C@H]4CC[C@@]3(C)C4(C)C)cc2)[nH]c2ccccc12. The van der Waals surface area contributed by atoms with E-state index in [1.54, 1.807) is 36.4 Å². The van der Waals surface area contributed by atoms with E-state index in [4.69, 9.17) is 4.74 Å². The van der Waals surface area contributed by atoms with Crippen LogP contribution in [0.15, 0.2) is 72.8 Å². The number of ether oxygens (including phenoxy) is 1. The van der Waals surface area contributed by atoms with Crippen LogP contribution >= 0.6 is 0 Å². The number of para-hydroxylation sites is 1. The molecule has 5 heteroatoms. The Balaban J connectivity index is 1.39. The second kappa shape index (κ2) is 8.84. The predicted octanol–water partition coefficient (Wildman–Crippen LogP) is 7.09. The van der Waals surface area contributed by atoms with Crippen molar-refractivity contribution in [3.63, 3.8) is 0 Å². The zero-order chi connectivity index (χ0) is 27.6. The summed E-state index contributed by atoms with van der Waals surface area (Å²) < 4.78 is 6.12. The van der Waals surface area contributed by atoms with Crippen LogP contribution in [0, 0.1) is 23.7 Å². The molecule has 5 nitrogen and oxygen atoms in total. The number of phenols is 1. The van der Waals surface area contributed by atoms with Gasteiger partial charge in [-0.3, -0.25) is 0 Å². The summed E-state index contributed by atoms with van der Waals surface area (Å²) in [6, 6.07) is 21.9. The molecule has 0 radical (unpaired) electrons. The molecule has 0 amide bonds. The lowest BCUT2D eigenvalue weighted by Gasteiger charge is -2.38. The van der Waals surface area contributed by atoms with Gasteiger partial charge in [0.15, 0.2) is 0 Å². The highest BCUT2D eigenvalue weighted by atomic mass is 16.5. The molecule has 0 aliphatic heterocycles. The molecule has 2 aliphatic carbocycles. The van der Waals surface area contributed by atoms with Crippen molar-refractivity contribution in [2.24, 2.45) is 16.7 Å². The molecule has 0 saturated heterocycles. The lowest BCUT2D eigenvalue weighted by molar-refractivity contribution is -0.110. The van der Waals surface area contributed by atoms with E-state index in [1.165, 1.54) is 6.42 Å². The molecule has 39 heavy (non-hydrogen) atoms. The van der Waals surface area contributed by atoms with Gasteiger partial charge in [-0.15, -0.1) is 0 Å². The van der Waals surface area contributed by atoms with E-state index in [-0.39, 0.29) is 28.7 Å². The normalized spacial score (nSPS) is 24.9. The number of hydrogen-bond donors (Lipinski definition) is 2. The van der Waals surface area contributed by atoms with Crippen LogP contribution in [0.5, 0.6) is 5.75 Å². The molecule has 0 unspecified atom stereocenters. The van der Waals surface area contributed by atoms with Crippen molar-refractivity contribution in [2.75, 3.05) is 0 Å². The fourth-order valence-electron chi connectivity index (χ4n) is 7.43. The number of carbonyl (C=O) groups excluding carboxylic acids is 2. The highest BCUT2D eigenvalue weighted by Crippen LogP contribution is 2.66. The van der Waals surface area contributed by atoms with Crippen LogP contribution < -0.4 is 0 Å². The molecule has 2 saturated carbocycles. The molecule has 4 aromatic rings.